The number of nitrogens with one attached hydrogen (secondary N) is 1. The van der Waals surface area contributed by atoms with Crippen LogP contribution < -0.4 is 5.32 Å². The van der Waals surface area contributed by atoms with Crippen LogP contribution in [-0.4, -0.2) is 29.9 Å². The molecule has 0 saturated carbocycles. The number of benzene rings is 1. The van der Waals surface area contributed by atoms with Gasteiger partial charge in [-0.25, -0.2) is 0 Å². The molecule has 0 spiro atoms. The van der Waals surface area contributed by atoms with E-state index >= 15 is 0 Å². The van der Waals surface area contributed by atoms with Gasteiger partial charge < -0.3 is 10.4 Å². The number of hydrogen-bond acceptors (Lipinski definition) is 3. The zero-order valence-electron chi connectivity index (χ0n) is 11.2. The molecule has 100 valence electrons. The first-order chi connectivity index (χ1) is 8.43. The minimum atomic E-state index is -0.0473. The molecule has 2 N–H and O–H groups in total. The predicted octanol–water partition coefficient (Wildman–Crippen LogP) is 2.18. The topological polar surface area (TPSA) is 49.3 Å². The van der Waals surface area contributed by atoms with Gasteiger partial charge in [-0.15, -0.1) is 11.8 Å². The molecule has 0 fully saturated rings. The molecule has 18 heavy (non-hydrogen) atoms. The van der Waals surface area contributed by atoms with Gasteiger partial charge in [0.05, 0.1) is 12.4 Å². The molecule has 0 aromatic heterocycles. The van der Waals surface area contributed by atoms with E-state index in [9.17, 15) is 4.79 Å². The van der Waals surface area contributed by atoms with Crippen molar-refractivity contribution >= 4 is 17.7 Å². The lowest BCUT2D eigenvalue weighted by molar-refractivity contribution is -0.118. The van der Waals surface area contributed by atoms with E-state index in [1.807, 2.05) is 12.1 Å². The third-order valence-corrected chi connectivity index (χ3v) is 3.54. The van der Waals surface area contributed by atoms with Gasteiger partial charge in [0, 0.05) is 11.4 Å². The van der Waals surface area contributed by atoms with Crippen molar-refractivity contribution in [2.24, 2.45) is 0 Å². The Morgan fingerprint density at radius 2 is 1.89 bits per heavy atom. The van der Waals surface area contributed by atoms with Gasteiger partial charge in [0.15, 0.2) is 0 Å². The highest BCUT2D eigenvalue weighted by Crippen LogP contribution is 2.25. The van der Waals surface area contributed by atoms with E-state index in [1.54, 1.807) is 0 Å². The van der Waals surface area contributed by atoms with Gasteiger partial charge in [-0.2, -0.15) is 0 Å². The predicted molar refractivity (Wildman–Crippen MR) is 76.0 cm³/mol. The standard InChI is InChI=1S/C14H21NO2S/c1-14(2,3)11-4-6-12(7-5-11)18-10-13(17)15-8-9-16/h4-7,16H,8-10H2,1-3H3,(H,15,17). The molecule has 1 aromatic rings. The van der Waals surface area contributed by atoms with Crippen LogP contribution in [0.4, 0.5) is 0 Å². The van der Waals surface area contributed by atoms with Crippen molar-refractivity contribution in [2.75, 3.05) is 18.9 Å². The fraction of sp³-hybridized carbons (Fsp3) is 0.500. The Hall–Kier alpha value is -1.00. The monoisotopic (exact) mass is 267 g/mol. The molecule has 0 aliphatic carbocycles. The number of amides is 1. The third-order valence-electron chi connectivity index (χ3n) is 2.52. The van der Waals surface area contributed by atoms with Crippen molar-refractivity contribution in [3.63, 3.8) is 0 Å². The molecular weight excluding hydrogens is 246 g/mol. The smallest absolute Gasteiger partial charge is 0.230 e. The quantitative estimate of drug-likeness (QED) is 0.804. The number of carbonyl (C=O) groups is 1. The van der Waals surface area contributed by atoms with Gasteiger partial charge in [-0.3, -0.25) is 4.79 Å². The van der Waals surface area contributed by atoms with Crippen molar-refractivity contribution in [1.82, 2.24) is 5.32 Å². The highest BCUT2D eigenvalue weighted by molar-refractivity contribution is 8.00. The number of aliphatic hydroxyl groups is 1. The second-order valence-corrected chi connectivity index (χ2v) is 6.19. The number of hydrogen-bond donors (Lipinski definition) is 2. The summed E-state index contributed by atoms with van der Waals surface area (Å²) in [6.07, 6.45) is 0. The number of aliphatic hydroxyl groups excluding tert-OH is 1. The maximum absolute atomic E-state index is 11.4. The van der Waals surface area contributed by atoms with Crippen LogP contribution in [0.3, 0.4) is 0 Å². The molecule has 3 nitrogen and oxygen atoms in total. The summed E-state index contributed by atoms with van der Waals surface area (Å²) >= 11 is 1.50. The van der Waals surface area contributed by atoms with Crippen LogP contribution in [0, 0.1) is 0 Å². The highest BCUT2D eigenvalue weighted by atomic mass is 32.2. The Morgan fingerprint density at radius 1 is 1.28 bits per heavy atom. The van der Waals surface area contributed by atoms with Crippen LogP contribution >= 0.6 is 11.8 Å². The molecular formula is C14H21NO2S. The SMILES string of the molecule is CC(C)(C)c1ccc(SCC(=O)NCCO)cc1. The first-order valence-corrected chi connectivity index (χ1v) is 7.03. The summed E-state index contributed by atoms with van der Waals surface area (Å²) in [6, 6.07) is 8.30. The van der Waals surface area contributed by atoms with Gasteiger partial charge >= 0.3 is 0 Å². The zero-order chi connectivity index (χ0) is 13.6. The average molecular weight is 267 g/mol. The van der Waals surface area contributed by atoms with Crippen molar-refractivity contribution in [2.45, 2.75) is 31.1 Å². The lowest BCUT2D eigenvalue weighted by Gasteiger charge is -2.19. The summed E-state index contributed by atoms with van der Waals surface area (Å²) in [5, 5.41) is 11.2. The largest absolute Gasteiger partial charge is 0.395 e. The maximum atomic E-state index is 11.4. The lowest BCUT2D eigenvalue weighted by atomic mass is 9.87. The van der Waals surface area contributed by atoms with Crippen LogP contribution in [0.15, 0.2) is 29.2 Å². The van der Waals surface area contributed by atoms with Crippen molar-refractivity contribution in [3.05, 3.63) is 29.8 Å². The van der Waals surface area contributed by atoms with Gasteiger partial charge in [0.25, 0.3) is 0 Å². The molecule has 0 unspecified atom stereocenters. The molecule has 4 heteroatoms. The summed E-state index contributed by atoms with van der Waals surface area (Å²) in [7, 11) is 0. The fourth-order valence-electron chi connectivity index (χ4n) is 1.45. The van der Waals surface area contributed by atoms with Crippen LogP contribution in [0.5, 0.6) is 0 Å². The average Bonchev–Trinajstić information content (AvgIpc) is 2.33. The first-order valence-electron chi connectivity index (χ1n) is 6.04. The summed E-state index contributed by atoms with van der Waals surface area (Å²) in [5.74, 6) is 0.337. The van der Waals surface area contributed by atoms with Crippen molar-refractivity contribution in [1.29, 1.82) is 0 Å². The fourth-order valence-corrected chi connectivity index (χ4v) is 2.17. The maximum Gasteiger partial charge on any atom is 0.230 e. The normalized spacial score (nSPS) is 11.3. The second-order valence-electron chi connectivity index (χ2n) is 5.14. The minimum Gasteiger partial charge on any atom is -0.395 e. The molecule has 0 aliphatic heterocycles. The molecule has 0 bridgehead atoms. The summed E-state index contributed by atoms with van der Waals surface area (Å²) in [6.45, 7) is 6.84. The molecule has 1 amide bonds. The Morgan fingerprint density at radius 3 is 2.39 bits per heavy atom. The van der Waals surface area contributed by atoms with E-state index in [1.165, 1.54) is 17.3 Å². The van der Waals surface area contributed by atoms with Crippen LogP contribution in [0.25, 0.3) is 0 Å². The number of rotatable bonds is 5. The Balaban J connectivity index is 2.47. The lowest BCUT2D eigenvalue weighted by Crippen LogP contribution is -2.27. The van der Waals surface area contributed by atoms with Gasteiger partial charge in [0.2, 0.25) is 5.91 Å². The van der Waals surface area contributed by atoms with Crippen molar-refractivity contribution in [3.8, 4) is 0 Å². The highest BCUT2D eigenvalue weighted by Gasteiger charge is 2.12. The molecule has 0 atom stereocenters. The van der Waals surface area contributed by atoms with Gasteiger partial charge in [0.1, 0.15) is 0 Å². The minimum absolute atomic E-state index is 0.0172. The first kappa shape index (κ1) is 15.1. The van der Waals surface area contributed by atoms with Gasteiger partial charge in [-0.1, -0.05) is 32.9 Å². The Kier molecular flexibility index (Phi) is 5.69. The third kappa shape index (κ3) is 5.10. The van der Waals surface area contributed by atoms with E-state index in [-0.39, 0.29) is 17.9 Å². The van der Waals surface area contributed by atoms with Crippen molar-refractivity contribution < 1.29 is 9.90 Å². The summed E-state index contributed by atoms with van der Waals surface area (Å²) in [4.78, 5) is 12.4. The number of thioether (sulfide) groups is 1. The second kappa shape index (κ2) is 6.81. The molecule has 0 saturated heterocycles. The molecule has 1 rings (SSSR count). The van der Waals surface area contributed by atoms with Crippen LogP contribution in [0.1, 0.15) is 26.3 Å². The molecule has 0 radical (unpaired) electrons. The number of carbonyl (C=O) groups excluding carboxylic acids is 1. The van der Waals surface area contributed by atoms with E-state index in [0.29, 0.717) is 12.3 Å². The van der Waals surface area contributed by atoms with E-state index < -0.39 is 0 Å². The Labute approximate surface area is 113 Å². The van der Waals surface area contributed by atoms with Gasteiger partial charge in [-0.05, 0) is 23.1 Å². The Bertz CT molecular complexity index is 382. The van der Waals surface area contributed by atoms with E-state index in [2.05, 4.69) is 38.2 Å². The molecule has 0 heterocycles. The zero-order valence-corrected chi connectivity index (χ0v) is 12.0. The summed E-state index contributed by atoms with van der Waals surface area (Å²) < 4.78 is 0. The van der Waals surface area contributed by atoms with E-state index in [4.69, 9.17) is 5.11 Å². The molecule has 1 aromatic carbocycles. The molecule has 0 aliphatic rings. The summed E-state index contributed by atoms with van der Waals surface area (Å²) in [5.41, 5.74) is 1.44. The van der Waals surface area contributed by atoms with Crippen LogP contribution in [-0.2, 0) is 10.2 Å². The van der Waals surface area contributed by atoms with E-state index in [0.717, 1.165) is 4.90 Å². The van der Waals surface area contributed by atoms with Crippen LogP contribution in [0.2, 0.25) is 0 Å².